The van der Waals surface area contributed by atoms with E-state index in [9.17, 15) is 9.59 Å². The molecule has 86 valence electrons. The van der Waals surface area contributed by atoms with E-state index in [2.05, 4.69) is 5.32 Å². The number of hydrogen-bond acceptors (Lipinski definition) is 4. The molecule has 2 amide bonds. The molecule has 0 aromatic rings. The van der Waals surface area contributed by atoms with E-state index in [1.165, 1.54) is 0 Å². The van der Waals surface area contributed by atoms with Gasteiger partial charge in [0.15, 0.2) is 0 Å². The van der Waals surface area contributed by atoms with Gasteiger partial charge in [-0.25, -0.2) is 0 Å². The van der Waals surface area contributed by atoms with Gasteiger partial charge < -0.3 is 21.7 Å². The Kier molecular flexibility index (Phi) is 4.51. The molecule has 6 heteroatoms. The van der Waals surface area contributed by atoms with Crippen LogP contribution in [0.3, 0.4) is 0 Å². The van der Waals surface area contributed by atoms with Crippen molar-refractivity contribution in [2.24, 2.45) is 17.4 Å². The van der Waals surface area contributed by atoms with Gasteiger partial charge in [-0.3, -0.25) is 9.59 Å². The summed E-state index contributed by atoms with van der Waals surface area (Å²) in [5.74, 6) is -0.693. The first kappa shape index (κ1) is 11.9. The minimum Gasteiger partial charge on any atom is -0.369 e. The largest absolute Gasteiger partial charge is 0.369 e. The van der Waals surface area contributed by atoms with Gasteiger partial charge in [-0.15, -0.1) is 0 Å². The molecular weight excluding hydrogens is 196 g/mol. The van der Waals surface area contributed by atoms with E-state index in [1.807, 2.05) is 0 Å². The van der Waals surface area contributed by atoms with E-state index in [0.29, 0.717) is 26.2 Å². The van der Waals surface area contributed by atoms with E-state index in [-0.39, 0.29) is 24.2 Å². The number of carbonyl (C=O) groups is 2. The Balaban J connectivity index is 2.25. The molecule has 1 rings (SSSR count). The maximum atomic E-state index is 11.4. The van der Waals surface area contributed by atoms with Crippen molar-refractivity contribution in [1.82, 2.24) is 10.2 Å². The molecule has 1 atom stereocenters. The first-order valence-electron chi connectivity index (χ1n) is 5.13. The van der Waals surface area contributed by atoms with Crippen LogP contribution in [0.15, 0.2) is 0 Å². The maximum absolute atomic E-state index is 11.4. The lowest BCUT2D eigenvalue weighted by Gasteiger charge is -2.16. The SMILES string of the molecule is NCCNCCN1CC(C(N)=O)CC1=O. The first-order chi connectivity index (χ1) is 7.15. The standard InChI is InChI=1S/C9H18N4O2/c10-1-2-12-3-4-13-6-7(9(11)15)5-8(13)14/h7,12H,1-6,10H2,(H2,11,15). The fourth-order valence-electron chi connectivity index (χ4n) is 1.62. The van der Waals surface area contributed by atoms with Gasteiger partial charge in [0.05, 0.1) is 5.92 Å². The van der Waals surface area contributed by atoms with Crippen molar-refractivity contribution in [3.8, 4) is 0 Å². The highest BCUT2D eigenvalue weighted by atomic mass is 16.2. The normalized spacial score (nSPS) is 21.0. The molecule has 0 saturated carbocycles. The molecule has 0 bridgehead atoms. The summed E-state index contributed by atoms with van der Waals surface area (Å²) in [6.45, 7) is 3.09. The molecule has 1 saturated heterocycles. The van der Waals surface area contributed by atoms with Crippen molar-refractivity contribution in [3.05, 3.63) is 0 Å². The Morgan fingerprint density at radius 2 is 2.27 bits per heavy atom. The van der Waals surface area contributed by atoms with Gasteiger partial charge in [-0.05, 0) is 0 Å². The number of nitrogens with zero attached hydrogens (tertiary/aromatic N) is 1. The summed E-state index contributed by atoms with van der Waals surface area (Å²) < 4.78 is 0. The Morgan fingerprint density at radius 3 is 2.80 bits per heavy atom. The number of rotatable bonds is 6. The average molecular weight is 214 g/mol. The molecule has 1 fully saturated rings. The zero-order valence-corrected chi connectivity index (χ0v) is 8.74. The molecule has 6 nitrogen and oxygen atoms in total. The van der Waals surface area contributed by atoms with Gasteiger partial charge >= 0.3 is 0 Å². The summed E-state index contributed by atoms with van der Waals surface area (Å²) in [7, 11) is 0. The first-order valence-corrected chi connectivity index (χ1v) is 5.13. The molecule has 0 spiro atoms. The zero-order chi connectivity index (χ0) is 11.3. The summed E-state index contributed by atoms with van der Waals surface area (Å²) in [5, 5.41) is 3.09. The third kappa shape index (κ3) is 3.49. The lowest BCUT2D eigenvalue weighted by atomic mass is 10.1. The van der Waals surface area contributed by atoms with Crippen LogP contribution >= 0.6 is 0 Å². The highest BCUT2D eigenvalue weighted by Gasteiger charge is 2.32. The van der Waals surface area contributed by atoms with E-state index in [1.54, 1.807) is 4.90 Å². The number of hydrogen-bond donors (Lipinski definition) is 3. The number of carbonyl (C=O) groups excluding carboxylic acids is 2. The molecule has 1 aliphatic heterocycles. The molecule has 15 heavy (non-hydrogen) atoms. The lowest BCUT2D eigenvalue weighted by molar-refractivity contribution is -0.128. The number of likely N-dealkylation sites (tertiary alicyclic amines) is 1. The van der Waals surface area contributed by atoms with Crippen molar-refractivity contribution in [2.45, 2.75) is 6.42 Å². The number of amides is 2. The third-order valence-electron chi connectivity index (χ3n) is 2.50. The second kappa shape index (κ2) is 5.67. The van der Waals surface area contributed by atoms with E-state index < -0.39 is 0 Å². The molecule has 0 aromatic heterocycles. The lowest BCUT2D eigenvalue weighted by Crippen LogP contribution is -2.35. The highest BCUT2D eigenvalue weighted by Crippen LogP contribution is 2.16. The van der Waals surface area contributed by atoms with Gasteiger partial charge in [0.1, 0.15) is 0 Å². The highest BCUT2D eigenvalue weighted by molar-refractivity contribution is 5.88. The summed E-state index contributed by atoms with van der Waals surface area (Å²) in [4.78, 5) is 24.0. The van der Waals surface area contributed by atoms with E-state index in [0.717, 1.165) is 6.54 Å². The molecule has 1 heterocycles. The number of primary amides is 1. The van der Waals surface area contributed by atoms with Crippen LogP contribution in [0.1, 0.15) is 6.42 Å². The van der Waals surface area contributed by atoms with Gasteiger partial charge in [0.2, 0.25) is 11.8 Å². The quantitative estimate of drug-likeness (QED) is 0.439. The van der Waals surface area contributed by atoms with Gasteiger partial charge in [-0.1, -0.05) is 0 Å². The minimum absolute atomic E-state index is 0.00773. The Bertz CT molecular complexity index is 244. The zero-order valence-electron chi connectivity index (χ0n) is 8.74. The van der Waals surface area contributed by atoms with E-state index >= 15 is 0 Å². The second-order valence-corrected chi connectivity index (χ2v) is 3.68. The van der Waals surface area contributed by atoms with Gasteiger partial charge in [0.25, 0.3) is 0 Å². The maximum Gasteiger partial charge on any atom is 0.223 e. The predicted octanol–water partition coefficient (Wildman–Crippen LogP) is -2.13. The van der Waals surface area contributed by atoms with Crippen molar-refractivity contribution >= 4 is 11.8 Å². The summed E-state index contributed by atoms with van der Waals surface area (Å²) in [6, 6.07) is 0. The van der Waals surface area contributed by atoms with Crippen LogP contribution in [-0.4, -0.2) is 49.4 Å². The van der Waals surface area contributed by atoms with Crippen LogP contribution in [-0.2, 0) is 9.59 Å². The van der Waals surface area contributed by atoms with Crippen molar-refractivity contribution in [3.63, 3.8) is 0 Å². The summed E-state index contributed by atoms with van der Waals surface area (Å²) >= 11 is 0. The van der Waals surface area contributed by atoms with Crippen LogP contribution < -0.4 is 16.8 Å². The van der Waals surface area contributed by atoms with Gasteiger partial charge in [0, 0.05) is 39.1 Å². The van der Waals surface area contributed by atoms with Crippen molar-refractivity contribution in [1.29, 1.82) is 0 Å². The smallest absolute Gasteiger partial charge is 0.223 e. The monoisotopic (exact) mass is 214 g/mol. The molecule has 1 unspecified atom stereocenters. The van der Waals surface area contributed by atoms with Crippen LogP contribution in [0, 0.1) is 5.92 Å². The summed E-state index contributed by atoms with van der Waals surface area (Å²) in [6.07, 6.45) is 0.256. The van der Waals surface area contributed by atoms with Crippen LogP contribution in [0.2, 0.25) is 0 Å². The predicted molar refractivity (Wildman–Crippen MR) is 55.8 cm³/mol. The average Bonchev–Trinajstić information content (AvgIpc) is 2.55. The van der Waals surface area contributed by atoms with Crippen molar-refractivity contribution < 1.29 is 9.59 Å². The summed E-state index contributed by atoms with van der Waals surface area (Å²) in [5.41, 5.74) is 10.5. The Labute approximate surface area is 89.0 Å². The Morgan fingerprint density at radius 1 is 1.53 bits per heavy atom. The second-order valence-electron chi connectivity index (χ2n) is 3.68. The van der Waals surface area contributed by atoms with Crippen LogP contribution in [0.4, 0.5) is 0 Å². The molecule has 0 aromatic carbocycles. The fourth-order valence-corrected chi connectivity index (χ4v) is 1.62. The molecule has 0 radical (unpaired) electrons. The van der Waals surface area contributed by atoms with Crippen LogP contribution in [0.25, 0.3) is 0 Å². The van der Waals surface area contributed by atoms with E-state index in [4.69, 9.17) is 11.5 Å². The number of nitrogens with one attached hydrogen (secondary N) is 1. The van der Waals surface area contributed by atoms with Gasteiger partial charge in [-0.2, -0.15) is 0 Å². The Hall–Kier alpha value is -1.14. The molecule has 0 aliphatic carbocycles. The fraction of sp³-hybridized carbons (Fsp3) is 0.778. The van der Waals surface area contributed by atoms with Crippen LogP contribution in [0.5, 0.6) is 0 Å². The molecular formula is C9H18N4O2. The van der Waals surface area contributed by atoms with Crippen molar-refractivity contribution in [2.75, 3.05) is 32.7 Å². The molecule has 5 N–H and O–H groups in total. The minimum atomic E-state index is -0.388. The molecule has 1 aliphatic rings. The number of nitrogens with two attached hydrogens (primary N) is 2. The third-order valence-corrected chi connectivity index (χ3v) is 2.50. The topological polar surface area (TPSA) is 101 Å².